The van der Waals surface area contributed by atoms with Crippen LogP contribution in [0.3, 0.4) is 0 Å². The van der Waals surface area contributed by atoms with Crippen molar-refractivity contribution in [1.29, 1.82) is 0 Å². The zero-order chi connectivity index (χ0) is 15.8. The van der Waals surface area contributed by atoms with Crippen molar-refractivity contribution in [3.8, 4) is 0 Å². The third kappa shape index (κ3) is 5.76. The fourth-order valence-corrected chi connectivity index (χ4v) is 2.21. The molecule has 22 heavy (non-hydrogen) atoms. The molecular formula is C17H26N4O. The number of hydrogen-bond acceptors (Lipinski definition) is 2. The summed E-state index contributed by atoms with van der Waals surface area (Å²) in [7, 11) is 1.76. The van der Waals surface area contributed by atoms with Crippen LogP contribution in [0.1, 0.15) is 44.2 Å². The Morgan fingerprint density at radius 2 is 2.05 bits per heavy atom. The molecule has 1 amide bonds. The fraction of sp³-hybridized carbons (Fsp3) is 0.529. The molecule has 120 valence electrons. The van der Waals surface area contributed by atoms with Crippen LogP contribution in [0.15, 0.2) is 35.3 Å². The van der Waals surface area contributed by atoms with Crippen LogP contribution in [0.4, 0.5) is 0 Å². The third-order valence-corrected chi connectivity index (χ3v) is 3.69. The van der Waals surface area contributed by atoms with Gasteiger partial charge in [0.25, 0.3) is 0 Å². The van der Waals surface area contributed by atoms with Gasteiger partial charge in [0.05, 0.1) is 6.04 Å². The molecule has 1 aliphatic carbocycles. The van der Waals surface area contributed by atoms with Crippen LogP contribution < -0.4 is 16.0 Å². The van der Waals surface area contributed by atoms with E-state index in [-0.39, 0.29) is 11.9 Å². The molecule has 5 nitrogen and oxygen atoms in total. The first-order valence-electron chi connectivity index (χ1n) is 8.00. The minimum Gasteiger partial charge on any atom is -0.356 e. The lowest BCUT2D eigenvalue weighted by molar-refractivity contribution is -0.121. The number of carbonyl (C=O) groups excluding carboxylic acids is 1. The maximum Gasteiger partial charge on any atom is 0.220 e. The second kappa shape index (κ2) is 8.41. The number of nitrogens with zero attached hydrogens (tertiary/aromatic N) is 1. The molecule has 1 fully saturated rings. The normalized spacial score (nSPS) is 16.0. The van der Waals surface area contributed by atoms with Crippen molar-refractivity contribution >= 4 is 11.9 Å². The number of hydrogen-bond donors (Lipinski definition) is 3. The van der Waals surface area contributed by atoms with Crippen LogP contribution >= 0.6 is 0 Å². The lowest BCUT2D eigenvalue weighted by Gasteiger charge is -2.18. The number of carbonyl (C=O) groups is 1. The molecular weight excluding hydrogens is 276 g/mol. The summed E-state index contributed by atoms with van der Waals surface area (Å²) >= 11 is 0. The largest absolute Gasteiger partial charge is 0.356 e. The van der Waals surface area contributed by atoms with E-state index in [1.54, 1.807) is 7.05 Å². The molecule has 2 rings (SSSR count). The Bertz CT molecular complexity index is 497. The van der Waals surface area contributed by atoms with Crippen molar-refractivity contribution in [2.75, 3.05) is 13.6 Å². The van der Waals surface area contributed by atoms with Gasteiger partial charge in [-0.3, -0.25) is 9.79 Å². The zero-order valence-electron chi connectivity index (χ0n) is 13.4. The van der Waals surface area contributed by atoms with Gasteiger partial charge in [0, 0.05) is 26.1 Å². The van der Waals surface area contributed by atoms with Crippen molar-refractivity contribution in [3.05, 3.63) is 35.9 Å². The topological polar surface area (TPSA) is 65.5 Å². The van der Waals surface area contributed by atoms with Gasteiger partial charge in [0.2, 0.25) is 5.91 Å². The smallest absolute Gasteiger partial charge is 0.220 e. The summed E-state index contributed by atoms with van der Waals surface area (Å²) in [5.41, 5.74) is 1.22. The number of guanidine groups is 1. The van der Waals surface area contributed by atoms with E-state index >= 15 is 0 Å². The molecule has 0 aliphatic heterocycles. The van der Waals surface area contributed by atoms with Crippen LogP contribution in [0.25, 0.3) is 0 Å². The molecule has 1 aromatic rings. The molecule has 1 unspecified atom stereocenters. The van der Waals surface area contributed by atoms with Crippen LogP contribution in [-0.2, 0) is 4.79 Å². The van der Waals surface area contributed by atoms with Crippen molar-refractivity contribution in [3.63, 3.8) is 0 Å². The predicted octanol–water partition coefficient (Wildman–Crippen LogP) is 1.97. The molecule has 1 aliphatic rings. The minimum absolute atomic E-state index is 0.157. The van der Waals surface area contributed by atoms with E-state index < -0.39 is 0 Å². The first kappa shape index (κ1) is 16.3. The highest BCUT2D eigenvalue weighted by molar-refractivity contribution is 5.80. The SMILES string of the molecule is CN=C(NCCCC(=O)NC1CC1)NC(C)c1ccccc1. The molecule has 5 heteroatoms. The van der Waals surface area contributed by atoms with Gasteiger partial charge in [-0.1, -0.05) is 30.3 Å². The lowest BCUT2D eigenvalue weighted by atomic mass is 10.1. The highest BCUT2D eigenvalue weighted by atomic mass is 16.1. The van der Waals surface area contributed by atoms with Crippen molar-refractivity contribution < 1.29 is 4.79 Å². The molecule has 1 saturated carbocycles. The number of nitrogens with one attached hydrogen (secondary N) is 3. The standard InChI is InChI=1S/C17H26N4O/c1-13(14-7-4-3-5-8-14)20-17(18-2)19-12-6-9-16(22)21-15-10-11-15/h3-5,7-8,13,15H,6,9-12H2,1-2H3,(H,21,22)(H2,18,19,20). The molecule has 3 N–H and O–H groups in total. The van der Waals surface area contributed by atoms with Gasteiger partial charge in [-0.25, -0.2) is 0 Å². The van der Waals surface area contributed by atoms with E-state index in [4.69, 9.17) is 0 Å². The summed E-state index contributed by atoms with van der Waals surface area (Å²) < 4.78 is 0. The molecule has 1 aromatic carbocycles. The van der Waals surface area contributed by atoms with Crippen LogP contribution in [0, 0.1) is 0 Å². The Morgan fingerprint density at radius 3 is 2.68 bits per heavy atom. The maximum atomic E-state index is 11.6. The van der Waals surface area contributed by atoms with Gasteiger partial charge in [-0.2, -0.15) is 0 Å². The molecule has 1 atom stereocenters. The van der Waals surface area contributed by atoms with Gasteiger partial charge >= 0.3 is 0 Å². The number of amides is 1. The zero-order valence-corrected chi connectivity index (χ0v) is 13.4. The molecule has 0 radical (unpaired) electrons. The molecule has 0 bridgehead atoms. The summed E-state index contributed by atoms with van der Waals surface area (Å²) in [5.74, 6) is 0.920. The Kier molecular flexibility index (Phi) is 6.25. The average Bonchev–Trinajstić information content (AvgIpc) is 3.34. The summed E-state index contributed by atoms with van der Waals surface area (Å²) in [5, 5.41) is 9.60. The van der Waals surface area contributed by atoms with Crippen molar-refractivity contribution in [2.24, 2.45) is 4.99 Å². The summed E-state index contributed by atoms with van der Waals surface area (Å²) in [6, 6.07) is 10.9. The number of aliphatic imine (C=N–C) groups is 1. The maximum absolute atomic E-state index is 11.6. The highest BCUT2D eigenvalue weighted by Crippen LogP contribution is 2.18. The highest BCUT2D eigenvalue weighted by Gasteiger charge is 2.22. The second-order valence-electron chi connectivity index (χ2n) is 5.72. The number of benzene rings is 1. The summed E-state index contributed by atoms with van der Waals surface area (Å²) in [6.07, 6.45) is 3.64. The van der Waals surface area contributed by atoms with E-state index in [1.807, 2.05) is 18.2 Å². The molecule has 0 spiro atoms. The first-order chi connectivity index (χ1) is 10.7. The Balaban J connectivity index is 1.65. The van der Waals surface area contributed by atoms with Crippen LogP contribution in [-0.4, -0.2) is 31.5 Å². The van der Waals surface area contributed by atoms with E-state index in [9.17, 15) is 4.79 Å². The minimum atomic E-state index is 0.157. The average molecular weight is 302 g/mol. The van der Waals surface area contributed by atoms with Gasteiger partial charge in [-0.15, -0.1) is 0 Å². The summed E-state index contributed by atoms with van der Waals surface area (Å²) in [4.78, 5) is 15.8. The third-order valence-electron chi connectivity index (χ3n) is 3.69. The van der Waals surface area contributed by atoms with E-state index in [0.29, 0.717) is 12.5 Å². The molecule has 0 saturated heterocycles. The second-order valence-corrected chi connectivity index (χ2v) is 5.72. The fourth-order valence-electron chi connectivity index (χ4n) is 2.21. The summed E-state index contributed by atoms with van der Waals surface area (Å²) in [6.45, 7) is 2.84. The molecule has 0 aromatic heterocycles. The van der Waals surface area contributed by atoms with Crippen molar-refractivity contribution in [1.82, 2.24) is 16.0 Å². The number of rotatable bonds is 7. The van der Waals surface area contributed by atoms with Gasteiger partial charge in [0.1, 0.15) is 0 Å². The van der Waals surface area contributed by atoms with Crippen LogP contribution in [0.5, 0.6) is 0 Å². The monoisotopic (exact) mass is 302 g/mol. The van der Waals surface area contributed by atoms with E-state index in [0.717, 1.165) is 31.8 Å². The Labute approximate surface area is 132 Å². The lowest BCUT2D eigenvalue weighted by Crippen LogP contribution is -2.39. The first-order valence-corrected chi connectivity index (χ1v) is 8.00. The van der Waals surface area contributed by atoms with E-state index in [2.05, 4.69) is 40.0 Å². The Hall–Kier alpha value is -2.04. The van der Waals surface area contributed by atoms with Gasteiger partial charge in [-0.05, 0) is 31.7 Å². The van der Waals surface area contributed by atoms with Crippen molar-refractivity contribution in [2.45, 2.75) is 44.7 Å². The van der Waals surface area contributed by atoms with Crippen LogP contribution in [0.2, 0.25) is 0 Å². The quantitative estimate of drug-likeness (QED) is 0.410. The van der Waals surface area contributed by atoms with Gasteiger partial charge in [0.15, 0.2) is 5.96 Å². The van der Waals surface area contributed by atoms with E-state index in [1.165, 1.54) is 5.56 Å². The van der Waals surface area contributed by atoms with Gasteiger partial charge < -0.3 is 16.0 Å². The Morgan fingerprint density at radius 1 is 1.32 bits per heavy atom. The predicted molar refractivity (Wildman–Crippen MR) is 89.8 cm³/mol. The molecule has 0 heterocycles.